The second kappa shape index (κ2) is 26.6. The van der Waals surface area contributed by atoms with Crippen molar-refractivity contribution in [2.45, 2.75) is 45.4 Å². The van der Waals surface area contributed by atoms with Gasteiger partial charge in [-0.25, -0.2) is 0 Å². The van der Waals surface area contributed by atoms with Crippen molar-refractivity contribution in [2.24, 2.45) is 0 Å². The zero-order chi connectivity index (χ0) is 54.9. The zero-order valence-electron chi connectivity index (χ0n) is 46.0. The van der Waals surface area contributed by atoms with Crippen LogP contribution in [0, 0.1) is 0 Å². The highest BCUT2D eigenvalue weighted by atomic mass is 15.2. The number of benzene rings is 10. The molecule has 3 nitrogen and oxygen atoms in total. The summed E-state index contributed by atoms with van der Waals surface area (Å²) in [6.07, 6.45) is 17.0. The first-order valence-corrected chi connectivity index (χ1v) is 27.9. The van der Waals surface area contributed by atoms with Crippen molar-refractivity contribution >= 4 is 45.5 Å². The van der Waals surface area contributed by atoms with Gasteiger partial charge in [-0.15, -0.1) is 0 Å². The number of aryl methyl sites for hydroxylation is 1. The van der Waals surface area contributed by atoms with Gasteiger partial charge in [-0.05, 0) is 192 Å². The van der Waals surface area contributed by atoms with Gasteiger partial charge in [0.2, 0.25) is 0 Å². The summed E-state index contributed by atoms with van der Waals surface area (Å²) in [5.41, 5.74) is 20.8. The van der Waals surface area contributed by atoms with Crippen LogP contribution in [0.1, 0.15) is 50.2 Å². The first-order valence-electron chi connectivity index (χ1n) is 27.9. The molecule has 10 aromatic rings. The molecule has 0 saturated carbocycles. The van der Waals surface area contributed by atoms with Gasteiger partial charge in [-0.1, -0.05) is 220 Å². The highest BCUT2D eigenvalue weighted by molar-refractivity contribution is 5.83. The number of rotatable bonds is 18. The molecule has 1 unspecified atom stereocenters. The largest absolute Gasteiger partial charge is 0.311 e. The van der Waals surface area contributed by atoms with Crippen LogP contribution in [0.3, 0.4) is 0 Å². The van der Waals surface area contributed by atoms with Crippen molar-refractivity contribution in [2.75, 3.05) is 14.7 Å². The van der Waals surface area contributed by atoms with Gasteiger partial charge in [0.05, 0.1) is 0 Å². The van der Waals surface area contributed by atoms with Gasteiger partial charge < -0.3 is 14.7 Å². The average Bonchev–Trinajstić information content (AvgIpc) is 3.55. The molecule has 0 amide bonds. The number of hydrogen-bond acceptors (Lipinski definition) is 3. The molecule has 10 aromatic carbocycles. The number of anilines is 8. The van der Waals surface area contributed by atoms with E-state index in [2.05, 4.69) is 321 Å². The molecule has 392 valence electrons. The van der Waals surface area contributed by atoms with E-state index in [9.17, 15) is 0 Å². The summed E-state index contributed by atoms with van der Waals surface area (Å²) in [5, 5.41) is 0. The van der Waals surface area contributed by atoms with Gasteiger partial charge in [0.1, 0.15) is 0 Å². The van der Waals surface area contributed by atoms with Gasteiger partial charge in [-0.3, -0.25) is 0 Å². The first-order chi connectivity index (χ1) is 39.4. The van der Waals surface area contributed by atoms with Crippen LogP contribution in [0.5, 0.6) is 0 Å². The zero-order valence-corrected chi connectivity index (χ0v) is 46.0. The summed E-state index contributed by atoms with van der Waals surface area (Å²) < 4.78 is 0. The van der Waals surface area contributed by atoms with Crippen LogP contribution in [0.25, 0.3) is 33.4 Å². The van der Waals surface area contributed by atoms with Gasteiger partial charge in [0.25, 0.3) is 0 Å². The standard InChI is InChI=1S/C70H59N3.C7H10/c1-4-18-62(5-2)71(63-21-12-7-13-22-63)66-43-33-58(34-44-66)59-37-47-69(48-38-59)73(65-25-16-9-17-26-65)70-51-41-61(42-52-70)60-39-49-68(50-40-60)72(64-23-14-8-15-24-64)67-45-35-57(36-46-67)56-31-29-54(30-32-56)28-27-53(3)55-19-10-6-11-20-55;1-7-5-3-2-4-6-7/h4-26,29-53H,1-2,27-28H2,3H3;3,5-6H,2,4H2,1H3/b62-18+;. The molecule has 1 atom stereocenters. The molecule has 0 aliphatic heterocycles. The number of nitrogens with zero attached hydrogens (tertiary/aromatic N) is 3. The van der Waals surface area contributed by atoms with Crippen LogP contribution in [-0.2, 0) is 6.42 Å². The van der Waals surface area contributed by atoms with Crippen molar-refractivity contribution in [1.82, 2.24) is 0 Å². The normalized spacial score (nSPS) is 12.3. The van der Waals surface area contributed by atoms with E-state index >= 15 is 0 Å². The van der Waals surface area contributed by atoms with E-state index in [0.29, 0.717) is 5.92 Å². The van der Waals surface area contributed by atoms with Crippen LogP contribution < -0.4 is 14.7 Å². The molecule has 0 aromatic heterocycles. The molecule has 1 aliphatic carbocycles. The Morgan fingerprint density at radius 3 is 1.09 bits per heavy atom. The molecule has 0 bridgehead atoms. The Bertz CT molecular complexity index is 3640. The molecule has 11 rings (SSSR count). The highest BCUT2D eigenvalue weighted by Crippen LogP contribution is 2.40. The second-order valence-electron chi connectivity index (χ2n) is 20.3. The lowest BCUT2D eigenvalue weighted by Gasteiger charge is -2.27. The summed E-state index contributed by atoms with van der Waals surface area (Å²) in [6.45, 7) is 12.5. The minimum atomic E-state index is 0.533. The molecule has 0 saturated heterocycles. The van der Waals surface area contributed by atoms with E-state index < -0.39 is 0 Å². The summed E-state index contributed by atoms with van der Waals surface area (Å²) in [7, 11) is 0. The molecule has 1 aliphatic rings. The minimum absolute atomic E-state index is 0.533. The first kappa shape index (κ1) is 53.7. The fourth-order valence-corrected chi connectivity index (χ4v) is 10.4. The molecule has 0 N–H and O–H groups in total. The molecule has 80 heavy (non-hydrogen) atoms. The Morgan fingerprint density at radius 2 is 0.750 bits per heavy atom. The smallest absolute Gasteiger partial charge is 0.0462 e. The van der Waals surface area contributed by atoms with E-state index in [1.165, 1.54) is 40.7 Å². The van der Waals surface area contributed by atoms with Gasteiger partial charge in [0, 0.05) is 51.2 Å². The highest BCUT2D eigenvalue weighted by Gasteiger charge is 2.17. The topological polar surface area (TPSA) is 9.72 Å². The molecule has 0 spiro atoms. The molecular formula is C77H69N3. The Labute approximate surface area is 475 Å². The number of allylic oxidation sites excluding steroid dienone is 7. The minimum Gasteiger partial charge on any atom is -0.311 e. The van der Waals surface area contributed by atoms with E-state index in [1.807, 2.05) is 18.2 Å². The van der Waals surface area contributed by atoms with E-state index in [4.69, 9.17) is 0 Å². The lowest BCUT2D eigenvalue weighted by atomic mass is 9.93. The second-order valence-corrected chi connectivity index (χ2v) is 20.3. The third kappa shape index (κ3) is 13.3. The van der Waals surface area contributed by atoms with Crippen LogP contribution in [0.4, 0.5) is 45.5 Å². The summed E-state index contributed by atoms with van der Waals surface area (Å²) >= 11 is 0. The average molecular weight is 1040 g/mol. The molecule has 0 heterocycles. The van der Waals surface area contributed by atoms with Gasteiger partial charge in [0.15, 0.2) is 0 Å². The van der Waals surface area contributed by atoms with Crippen LogP contribution in [0.15, 0.2) is 328 Å². The summed E-state index contributed by atoms with van der Waals surface area (Å²) in [6, 6.07) is 95.7. The Kier molecular flexibility index (Phi) is 17.8. The maximum atomic E-state index is 4.08. The third-order valence-corrected chi connectivity index (χ3v) is 14.8. The maximum absolute atomic E-state index is 4.08. The molecule has 0 radical (unpaired) electrons. The van der Waals surface area contributed by atoms with E-state index in [0.717, 1.165) is 86.3 Å². The number of para-hydroxylation sites is 3. The lowest BCUT2D eigenvalue weighted by Crippen LogP contribution is -2.14. The molecular weight excluding hydrogens is 967 g/mol. The van der Waals surface area contributed by atoms with Gasteiger partial charge >= 0.3 is 0 Å². The van der Waals surface area contributed by atoms with Crippen molar-refractivity contribution < 1.29 is 0 Å². The van der Waals surface area contributed by atoms with E-state index in [1.54, 1.807) is 6.08 Å². The van der Waals surface area contributed by atoms with E-state index in [-0.39, 0.29) is 0 Å². The summed E-state index contributed by atoms with van der Waals surface area (Å²) in [4.78, 5) is 6.83. The van der Waals surface area contributed by atoms with Crippen LogP contribution >= 0.6 is 0 Å². The van der Waals surface area contributed by atoms with Crippen molar-refractivity contribution in [1.29, 1.82) is 0 Å². The fraction of sp³-hybridized carbons (Fsp3) is 0.0909. The number of hydrogen-bond donors (Lipinski definition) is 0. The third-order valence-electron chi connectivity index (χ3n) is 14.8. The lowest BCUT2D eigenvalue weighted by molar-refractivity contribution is 0.679. The quantitative estimate of drug-likeness (QED) is 0.0793. The predicted octanol–water partition coefficient (Wildman–Crippen LogP) is 22.0. The predicted molar refractivity (Wildman–Crippen MR) is 344 cm³/mol. The summed E-state index contributed by atoms with van der Waals surface area (Å²) in [5.74, 6) is 0.533. The maximum Gasteiger partial charge on any atom is 0.0462 e. The molecule has 0 fully saturated rings. The van der Waals surface area contributed by atoms with Crippen LogP contribution in [-0.4, -0.2) is 0 Å². The fourth-order valence-electron chi connectivity index (χ4n) is 10.4. The van der Waals surface area contributed by atoms with Crippen molar-refractivity contribution in [3.8, 4) is 33.4 Å². The van der Waals surface area contributed by atoms with Crippen molar-refractivity contribution in [3.63, 3.8) is 0 Å². The van der Waals surface area contributed by atoms with Gasteiger partial charge in [-0.2, -0.15) is 0 Å². The monoisotopic (exact) mass is 1040 g/mol. The van der Waals surface area contributed by atoms with Crippen molar-refractivity contribution in [3.05, 3.63) is 339 Å². The molecule has 3 heteroatoms. The van der Waals surface area contributed by atoms with Crippen LogP contribution in [0.2, 0.25) is 0 Å². The Morgan fingerprint density at radius 1 is 0.412 bits per heavy atom. The Hall–Kier alpha value is -9.70. The SMILES string of the molecule is C=C/C=C(\C=C)N(c1ccccc1)c1ccc(-c2ccc(N(c3ccccc3)c3ccc(-c4ccc(N(c5ccccc5)c5ccc(-c6ccc(CCC(C)c7ccccc7)cc6)cc5)cc4)cc3)cc2)cc1.CC1=CCCC=C1. The Balaban J connectivity index is 0.000000956.